The Morgan fingerprint density at radius 3 is 2.33 bits per heavy atom. The number of benzene rings is 3. The van der Waals surface area contributed by atoms with Crippen molar-refractivity contribution in [1.82, 2.24) is 34.9 Å². The fraction of sp³-hybridized carbons (Fsp3) is 0.405. The predicted molar refractivity (Wildman–Crippen MR) is 206 cm³/mol. The van der Waals surface area contributed by atoms with Crippen LogP contribution in [0.2, 0.25) is 0 Å². The normalized spacial score (nSPS) is 25.5. The molecule has 5 fully saturated rings. The molecular weight excluding hydrogens is 698 g/mol. The van der Waals surface area contributed by atoms with Crippen molar-refractivity contribution in [2.24, 2.45) is 5.92 Å². The summed E-state index contributed by atoms with van der Waals surface area (Å²) in [6, 6.07) is 21.8. The second-order valence-corrected chi connectivity index (χ2v) is 16.0. The molecule has 11 rings (SSSR count). The molecule has 3 N–H and O–H groups in total. The molecule has 12 nitrogen and oxygen atoms in total. The summed E-state index contributed by atoms with van der Waals surface area (Å²) >= 11 is 0. The number of nitrogens with zero attached hydrogens (tertiary/aromatic N) is 7. The van der Waals surface area contributed by atoms with Crippen LogP contribution in [-0.2, 0) is 22.7 Å². The van der Waals surface area contributed by atoms with E-state index >= 15 is 4.39 Å². The van der Waals surface area contributed by atoms with Crippen molar-refractivity contribution >= 4 is 34.4 Å². The van der Waals surface area contributed by atoms with Crippen LogP contribution in [0.5, 0.6) is 11.5 Å². The van der Waals surface area contributed by atoms with Gasteiger partial charge in [0.05, 0.1) is 23.2 Å². The molecule has 1 aliphatic carbocycles. The highest BCUT2D eigenvalue weighted by atomic mass is 19.1. The van der Waals surface area contributed by atoms with E-state index in [0.29, 0.717) is 55.4 Å². The molecule has 2 amide bonds. The van der Waals surface area contributed by atoms with Gasteiger partial charge in [0.2, 0.25) is 11.8 Å². The molecule has 5 aromatic rings. The van der Waals surface area contributed by atoms with Gasteiger partial charge in [0, 0.05) is 56.8 Å². The highest BCUT2D eigenvalue weighted by Gasteiger charge is 2.46. The van der Waals surface area contributed by atoms with Crippen molar-refractivity contribution in [1.29, 1.82) is 0 Å². The van der Waals surface area contributed by atoms with E-state index in [1.165, 1.54) is 6.33 Å². The number of piperidine rings is 2. The third kappa shape index (κ3) is 6.28. The van der Waals surface area contributed by atoms with Crippen LogP contribution in [-0.4, -0.2) is 79.1 Å². The average Bonchev–Trinajstić information content (AvgIpc) is 3.78. The van der Waals surface area contributed by atoms with Crippen LogP contribution in [0.3, 0.4) is 0 Å². The molecule has 1 saturated carbocycles. The summed E-state index contributed by atoms with van der Waals surface area (Å²) in [4.78, 5) is 40.1. The molecule has 3 atom stereocenters. The lowest BCUT2D eigenvalue weighted by atomic mass is 9.82. The number of nitrogens with two attached hydrogens (primary N) is 1. The number of para-hydroxylation sites is 1. The standard InChI is InChI=1S/C42H44FN9O3/c43-34-16-27-20-50(35-14-15-37(53)47-42(35)54)21-28(27)17-36(34)51-30-18-31(51)23-49(22-30)19-25-6-10-29(11-7-25)52-41-38(40(44)45-24-46-41)39(48-52)26-8-12-33(13-9-26)55-32-4-2-1-3-5-32/h1-5,8-9,12-13,16-17,24-25,29-31,35H,6-7,10-11,14-15,18-23H2,(H2,44,45,46)(H,47,53,54). The Morgan fingerprint density at radius 1 is 0.855 bits per heavy atom. The van der Waals surface area contributed by atoms with Crippen LogP contribution in [0.15, 0.2) is 73.1 Å². The Kier molecular flexibility index (Phi) is 8.51. The third-order valence-electron chi connectivity index (χ3n) is 12.5. The molecule has 3 aromatic carbocycles. The molecule has 3 unspecified atom stereocenters. The summed E-state index contributed by atoms with van der Waals surface area (Å²) < 4.78 is 23.7. The van der Waals surface area contributed by atoms with Crippen molar-refractivity contribution < 1.29 is 18.7 Å². The second-order valence-electron chi connectivity index (χ2n) is 16.0. The first-order chi connectivity index (χ1) is 26.8. The number of piperazine rings is 1. The number of nitrogen functional groups attached to an aromatic ring is 1. The van der Waals surface area contributed by atoms with Gasteiger partial charge in [0.15, 0.2) is 5.65 Å². The van der Waals surface area contributed by atoms with E-state index in [-0.39, 0.29) is 29.7 Å². The summed E-state index contributed by atoms with van der Waals surface area (Å²) in [6.07, 6.45) is 7.69. The SMILES string of the molecule is Nc1ncnc2c1c(-c1ccc(Oc3ccccc3)cc1)nn2C1CCC(CN2CC3CC(C2)N3c2cc3c(cc2F)CN(C2CCC(=O)NC2=O)C3)CC1. The zero-order chi connectivity index (χ0) is 37.2. The van der Waals surface area contributed by atoms with Crippen molar-refractivity contribution in [3.63, 3.8) is 0 Å². The zero-order valence-corrected chi connectivity index (χ0v) is 30.6. The van der Waals surface area contributed by atoms with E-state index < -0.39 is 0 Å². The quantitative estimate of drug-likeness (QED) is 0.187. The maximum atomic E-state index is 15.6. The first-order valence-corrected chi connectivity index (χ1v) is 19.6. The lowest BCUT2D eigenvalue weighted by Gasteiger charge is -2.58. The van der Waals surface area contributed by atoms with Crippen LogP contribution in [0, 0.1) is 11.7 Å². The van der Waals surface area contributed by atoms with E-state index in [4.69, 9.17) is 15.6 Å². The van der Waals surface area contributed by atoms with E-state index in [9.17, 15) is 9.59 Å². The number of aromatic nitrogens is 4. The van der Waals surface area contributed by atoms with E-state index in [1.54, 1.807) is 6.07 Å². The summed E-state index contributed by atoms with van der Waals surface area (Å²) in [5.41, 5.74) is 11.6. The van der Waals surface area contributed by atoms with Crippen molar-refractivity contribution in [2.75, 3.05) is 30.3 Å². The zero-order valence-electron chi connectivity index (χ0n) is 30.6. The molecule has 13 heteroatoms. The van der Waals surface area contributed by atoms with Gasteiger partial charge >= 0.3 is 0 Å². The van der Waals surface area contributed by atoms with Crippen molar-refractivity contribution in [3.8, 4) is 22.8 Å². The first-order valence-electron chi connectivity index (χ1n) is 19.6. The van der Waals surface area contributed by atoms with Crippen molar-refractivity contribution in [2.45, 2.75) is 82.2 Å². The number of ether oxygens (including phenoxy) is 1. The van der Waals surface area contributed by atoms with Gasteiger partial charge in [-0.25, -0.2) is 19.0 Å². The number of imide groups is 1. The van der Waals surface area contributed by atoms with E-state index in [2.05, 4.69) is 34.7 Å². The van der Waals surface area contributed by atoms with E-state index in [0.717, 1.165) is 96.7 Å². The van der Waals surface area contributed by atoms with Gasteiger partial charge in [0.25, 0.3) is 0 Å². The number of rotatable bonds is 8. The van der Waals surface area contributed by atoms with Crippen LogP contribution in [0.4, 0.5) is 15.9 Å². The Balaban J connectivity index is 0.770. The summed E-state index contributed by atoms with van der Waals surface area (Å²) in [6.45, 7) is 4.06. The first kappa shape index (κ1) is 34.1. The number of carbonyl (C=O) groups excluding carboxylic acids is 2. The number of carbonyl (C=O) groups is 2. The minimum absolute atomic E-state index is 0.180. The number of amides is 2. The minimum Gasteiger partial charge on any atom is -0.457 e. The van der Waals surface area contributed by atoms with Crippen LogP contribution in [0.25, 0.3) is 22.3 Å². The Bertz CT molecular complexity index is 2260. The molecule has 282 valence electrons. The molecule has 2 aromatic heterocycles. The minimum atomic E-state index is -0.350. The monoisotopic (exact) mass is 741 g/mol. The number of nitrogens with one attached hydrogen (secondary N) is 1. The second kappa shape index (κ2) is 13.7. The highest BCUT2D eigenvalue weighted by Crippen LogP contribution is 2.43. The van der Waals surface area contributed by atoms with Gasteiger partial charge in [0.1, 0.15) is 35.2 Å². The van der Waals surface area contributed by atoms with Gasteiger partial charge in [-0.2, -0.15) is 5.10 Å². The van der Waals surface area contributed by atoms with E-state index in [1.807, 2.05) is 60.7 Å². The Hall–Kier alpha value is -5.40. The summed E-state index contributed by atoms with van der Waals surface area (Å²) in [5.74, 6) is 1.91. The van der Waals surface area contributed by atoms with Crippen LogP contribution >= 0.6 is 0 Å². The Morgan fingerprint density at radius 2 is 1.58 bits per heavy atom. The molecule has 55 heavy (non-hydrogen) atoms. The summed E-state index contributed by atoms with van der Waals surface area (Å²) in [5, 5.41) is 8.37. The van der Waals surface area contributed by atoms with Crippen molar-refractivity contribution in [3.05, 3.63) is 90.0 Å². The number of hydrogen-bond donors (Lipinski definition) is 2. The largest absolute Gasteiger partial charge is 0.457 e. The predicted octanol–water partition coefficient (Wildman–Crippen LogP) is 5.82. The average molecular weight is 742 g/mol. The van der Waals surface area contributed by atoms with Gasteiger partial charge in [-0.05, 0) is 104 Å². The third-order valence-corrected chi connectivity index (χ3v) is 12.5. The van der Waals surface area contributed by atoms with Crippen LogP contribution < -0.4 is 20.7 Å². The Labute approximate surface area is 318 Å². The molecule has 5 aliphatic heterocycles. The lowest BCUT2D eigenvalue weighted by Crippen LogP contribution is -2.69. The molecular formula is C42H44FN9O3. The van der Waals surface area contributed by atoms with Gasteiger partial charge < -0.3 is 15.4 Å². The highest BCUT2D eigenvalue weighted by molar-refractivity contribution is 6.00. The fourth-order valence-corrected chi connectivity index (χ4v) is 9.82. The number of hydrogen-bond acceptors (Lipinski definition) is 10. The van der Waals surface area contributed by atoms with Gasteiger partial charge in [-0.15, -0.1) is 0 Å². The topological polar surface area (TPSA) is 135 Å². The molecule has 0 radical (unpaired) electrons. The number of halogens is 1. The number of fused-ring (bicyclic) bond motifs is 4. The number of anilines is 2. The maximum absolute atomic E-state index is 15.6. The fourth-order valence-electron chi connectivity index (χ4n) is 9.82. The lowest BCUT2D eigenvalue weighted by molar-refractivity contribution is -0.137. The maximum Gasteiger partial charge on any atom is 0.243 e. The molecule has 2 bridgehead atoms. The van der Waals surface area contributed by atoms with Gasteiger partial charge in [-0.1, -0.05) is 18.2 Å². The van der Waals surface area contributed by atoms with Crippen LogP contribution in [0.1, 0.15) is 62.1 Å². The van der Waals surface area contributed by atoms with Gasteiger partial charge in [-0.3, -0.25) is 24.7 Å². The molecule has 6 aliphatic rings. The molecule has 0 spiro atoms. The molecule has 7 heterocycles. The smallest absolute Gasteiger partial charge is 0.243 e. The summed E-state index contributed by atoms with van der Waals surface area (Å²) in [7, 11) is 0. The molecule has 4 saturated heterocycles.